The molecule has 104 valence electrons. The van der Waals surface area contributed by atoms with Gasteiger partial charge in [0.25, 0.3) is 0 Å². The third-order valence-corrected chi connectivity index (χ3v) is 4.06. The van der Waals surface area contributed by atoms with Gasteiger partial charge in [-0.2, -0.15) is 0 Å². The standard InChI is InChI=1S/C12H21N3O2.ClH/c13-9-4-1-3-8(9)7-11(16)15-6-2-5-10(15)12(14)17;/h8-10H,1-7,13H2,(H2,14,17);1H/t8-,9+,10?;/m0./s1. The van der Waals surface area contributed by atoms with Gasteiger partial charge in [-0.3, -0.25) is 9.59 Å². The molecule has 1 saturated carbocycles. The summed E-state index contributed by atoms with van der Waals surface area (Å²) >= 11 is 0. The third-order valence-electron chi connectivity index (χ3n) is 4.06. The highest BCUT2D eigenvalue weighted by Crippen LogP contribution is 2.28. The molecule has 4 N–H and O–H groups in total. The van der Waals surface area contributed by atoms with Crippen molar-refractivity contribution in [1.29, 1.82) is 0 Å². The van der Waals surface area contributed by atoms with Crippen LogP contribution in [0.5, 0.6) is 0 Å². The summed E-state index contributed by atoms with van der Waals surface area (Å²) in [5, 5.41) is 0. The number of hydrogen-bond donors (Lipinski definition) is 2. The van der Waals surface area contributed by atoms with Crippen molar-refractivity contribution in [3.63, 3.8) is 0 Å². The Morgan fingerprint density at radius 3 is 2.44 bits per heavy atom. The van der Waals surface area contributed by atoms with Crippen LogP contribution in [-0.4, -0.2) is 35.3 Å². The van der Waals surface area contributed by atoms with Crippen molar-refractivity contribution in [3.8, 4) is 0 Å². The molecule has 2 fully saturated rings. The lowest BCUT2D eigenvalue weighted by molar-refractivity contribution is -0.138. The SMILES string of the molecule is Cl.NC(=O)C1CCCN1C(=O)C[C@@H]1CCC[C@H]1N. The lowest BCUT2D eigenvalue weighted by Gasteiger charge is -2.24. The van der Waals surface area contributed by atoms with E-state index in [-0.39, 0.29) is 42.2 Å². The first kappa shape index (κ1) is 15.2. The predicted molar refractivity (Wildman–Crippen MR) is 71.1 cm³/mol. The monoisotopic (exact) mass is 275 g/mol. The third kappa shape index (κ3) is 3.14. The lowest BCUT2D eigenvalue weighted by Crippen LogP contribution is -2.44. The first-order valence-electron chi connectivity index (χ1n) is 6.44. The largest absolute Gasteiger partial charge is 0.368 e. The highest BCUT2D eigenvalue weighted by molar-refractivity contribution is 5.87. The maximum absolute atomic E-state index is 12.1. The second kappa shape index (κ2) is 6.38. The molecule has 18 heavy (non-hydrogen) atoms. The van der Waals surface area contributed by atoms with Gasteiger partial charge in [0.2, 0.25) is 11.8 Å². The van der Waals surface area contributed by atoms with Crippen molar-refractivity contribution in [3.05, 3.63) is 0 Å². The van der Waals surface area contributed by atoms with E-state index in [0.717, 1.165) is 25.7 Å². The topological polar surface area (TPSA) is 89.4 Å². The minimum atomic E-state index is -0.389. The first-order valence-corrected chi connectivity index (χ1v) is 6.44. The number of nitrogens with zero attached hydrogens (tertiary/aromatic N) is 1. The molecule has 0 spiro atoms. The van der Waals surface area contributed by atoms with Gasteiger partial charge in [-0.05, 0) is 31.6 Å². The molecule has 3 atom stereocenters. The number of likely N-dealkylation sites (tertiary alicyclic amines) is 1. The molecule has 1 saturated heterocycles. The smallest absolute Gasteiger partial charge is 0.240 e. The van der Waals surface area contributed by atoms with Crippen LogP contribution in [0.3, 0.4) is 0 Å². The fraction of sp³-hybridized carbons (Fsp3) is 0.833. The van der Waals surface area contributed by atoms with Crippen LogP contribution in [0, 0.1) is 5.92 Å². The van der Waals surface area contributed by atoms with Crippen molar-refractivity contribution < 1.29 is 9.59 Å². The summed E-state index contributed by atoms with van der Waals surface area (Å²) in [7, 11) is 0. The summed E-state index contributed by atoms with van der Waals surface area (Å²) in [6.45, 7) is 0.661. The van der Waals surface area contributed by atoms with Crippen LogP contribution >= 0.6 is 12.4 Å². The zero-order chi connectivity index (χ0) is 12.4. The molecule has 0 aromatic carbocycles. The summed E-state index contributed by atoms with van der Waals surface area (Å²) in [6.07, 6.45) is 5.20. The zero-order valence-corrected chi connectivity index (χ0v) is 11.3. The van der Waals surface area contributed by atoms with Crippen molar-refractivity contribution in [1.82, 2.24) is 4.90 Å². The van der Waals surface area contributed by atoms with Crippen LogP contribution < -0.4 is 11.5 Å². The van der Waals surface area contributed by atoms with E-state index in [9.17, 15) is 9.59 Å². The Bertz CT molecular complexity index is 324. The van der Waals surface area contributed by atoms with Gasteiger partial charge in [0.1, 0.15) is 6.04 Å². The Kier molecular flexibility index (Phi) is 5.41. The molecule has 1 aliphatic carbocycles. The van der Waals surface area contributed by atoms with Crippen LogP contribution in [0.2, 0.25) is 0 Å². The van der Waals surface area contributed by atoms with E-state index in [0.29, 0.717) is 19.4 Å². The van der Waals surface area contributed by atoms with Crippen molar-refractivity contribution in [2.75, 3.05) is 6.54 Å². The molecule has 1 heterocycles. The molecule has 1 aliphatic heterocycles. The van der Waals surface area contributed by atoms with E-state index in [1.807, 2.05) is 0 Å². The Morgan fingerprint density at radius 1 is 1.17 bits per heavy atom. The van der Waals surface area contributed by atoms with Crippen LogP contribution in [0.25, 0.3) is 0 Å². The molecular formula is C12H22ClN3O2. The van der Waals surface area contributed by atoms with Crippen LogP contribution in [0.4, 0.5) is 0 Å². The van der Waals surface area contributed by atoms with Gasteiger partial charge in [-0.25, -0.2) is 0 Å². The van der Waals surface area contributed by atoms with Crippen molar-refractivity contribution >= 4 is 24.2 Å². The minimum absolute atomic E-state index is 0. The summed E-state index contributed by atoms with van der Waals surface area (Å²) in [5.41, 5.74) is 11.3. The zero-order valence-electron chi connectivity index (χ0n) is 10.5. The Morgan fingerprint density at radius 2 is 1.89 bits per heavy atom. The van der Waals surface area contributed by atoms with E-state index in [2.05, 4.69) is 0 Å². The van der Waals surface area contributed by atoms with E-state index in [1.54, 1.807) is 4.90 Å². The number of carbonyl (C=O) groups is 2. The number of rotatable bonds is 3. The molecule has 5 nitrogen and oxygen atoms in total. The lowest BCUT2D eigenvalue weighted by atomic mass is 9.99. The average molecular weight is 276 g/mol. The number of halogens is 1. The van der Waals surface area contributed by atoms with Gasteiger partial charge in [0.15, 0.2) is 0 Å². The van der Waals surface area contributed by atoms with Crippen LogP contribution in [0.1, 0.15) is 38.5 Å². The second-order valence-electron chi connectivity index (χ2n) is 5.21. The Hall–Kier alpha value is -0.810. The highest BCUT2D eigenvalue weighted by atomic mass is 35.5. The minimum Gasteiger partial charge on any atom is -0.368 e. The molecule has 0 bridgehead atoms. The average Bonchev–Trinajstić information content (AvgIpc) is 2.87. The summed E-state index contributed by atoms with van der Waals surface area (Å²) in [4.78, 5) is 25.0. The van der Waals surface area contributed by atoms with E-state index in [4.69, 9.17) is 11.5 Å². The molecule has 2 rings (SSSR count). The quantitative estimate of drug-likeness (QED) is 0.781. The maximum Gasteiger partial charge on any atom is 0.240 e. The number of carbonyl (C=O) groups excluding carboxylic acids is 2. The Labute approximate surface area is 114 Å². The molecule has 2 amide bonds. The maximum atomic E-state index is 12.1. The van der Waals surface area contributed by atoms with Crippen LogP contribution in [-0.2, 0) is 9.59 Å². The fourth-order valence-corrected chi connectivity index (χ4v) is 3.02. The van der Waals surface area contributed by atoms with E-state index >= 15 is 0 Å². The van der Waals surface area contributed by atoms with E-state index in [1.165, 1.54) is 0 Å². The number of hydrogen-bond acceptors (Lipinski definition) is 3. The van der Waals surface area contributed by atoms with Crippen molar-refractivity contribution in [2.24, 2.45) is 17.4 Å². The normalized spacial score (nSPS) is 31.2. The first-order chi connectivity index (χ1) is 8.09. The predicted octanol–water partition coefficient (Wildman–Crippen LogP) is 0.402. The van der Waals surface area contributed by atoms with Gasteiger partial charge < -0.3 is 16.4 Å². The summed E-state index contributed by atoms with van der Waals surface area (Å²) in [6, 6.07) is -0.242. The van der Waals surface area contributed by atoms with Crippen LogP contribution in [0.15, 0.2) is 0 Å². The van der Waals surface area contributed by atoms with Gasteiger partial charge in [0.05, 0.1) is 0 Å². The molecule has 6 heteroatoms. The Balaban J connectivity index is 0.00000162. The molecular weight excluding hydrogens is 254 g/mol. The molecule has 0 aromatic heterocycles. The molecule has 2 aliphatic rings. The summed E-state index contributed by atoms with van der Waals surface area (Å²) in [5.74, 6) is -0.0446. The number of primary amides is 1. The number of nitrogens with two attached hydrogens (primary N) is 2. The molecule has 0 aromatic rings. The van der Waals surface area contributed by atoms with E-state index < -0.39 is 0 Å². The summed E-state index contributed by atoms with van der Waals surface area (Å²) < 4.78 is 0. The molecule has 0 radical (unpaired) electrons. The second-order valence-corrected chi connectivity index (χ2v) is 5.21. The van der Waals surface area contributed by atoms with Gasteiger partial charge in [0, 0.05) is 19.0 Å². The van der Waals surface area contributed by atoms with Gasteiger partial charge in [-0.15, -0.1) is 12.4 Å². The highest BCUT2D eigenvalue weighted by Gasteiger charge is 2.35. The molecule has 1 unspecified atom stereocenters. The van der Waals surface area contributed by atoms with Crippen molar-refractivity contribution in [2.45, 2.75) is 50.6 Å². The number of amides is 2. The van der Waals surface area contributed by atoms with Gasteiger partial charge in [-0.1, -0.05) is 6.42 Å². The fourth-order valence-electron chi connectivity index (χ4n) is 3.02. The van der Waals surface area contributed by atoms with Gasteiger partial charge >= 0.3 is 0 Å².